The van der Waals surface area contributed by atoms with Crippen LogP contribution in [0.2, 0.25) is 0 Å². The lowest BCUT2D eigenvalue weighted by Gasteiger charge is -2.21. The number of aliphatic hydroxyl groups is 1. The summed E-state index contributed by atoms with van der Waals surface area (Å²) in [7, 11) is 0. The second-order valence-corrected chi connectivity index (χ2v) is 7.80. The quantitative estimate of drug-likeness (QED) is 0.345. The number of hydrogen-bond acceptors (Lipinski definition) is 4. The molecule has 2 atom stereocenters. The minimum absolute atomic E-state index is 0.275. The molecule has 2 aromatic heterocycles. The lowest BCUT2D eigenvalue weighted by atomic mass is 9.98. The molecule has 0 aliphatic rings. The van der Waals surface area contributed by atoms with E-state index in [0.717, 1.165) is 32.9 Å². The van der Waals surface area contributed by atoms with Gasteiger partial charge in [-0.15, -0.1) is 0 Å². The number of aliphatic hydroxyl groups excluding tert-OH is 1. The number of rotatable bonds is 8. The fraction of sp³-hybridized carbons (Fsp3) is 0.240. The molecule has 7 heteroatoms. The number of carbonyl (C=O) groups excluding carboxylic acids is 2. The molecule has 7 nitrogen and oxygen atoms in total. The Hall–Kier alpha value is -3.71. The minimum atomic E-state index is -1.15. The number of pyridine rings is 1. The van der Waals surface area contributed by atoms with Gasteiger partial charge in [0.2, 0.25) is 11.8 Å². The molecule has 164 valence electrons. The minimum Gasteiger partial charge on any atom is -0.383 e. The molecule has 0 bridgehead atoms. The molecule has 2 aromatic carbocycles. The number of H-pyrrole nitrogens is 1. The fourth-order valence-corrected chi connectivity index (χ4v) is 3.75. The molecule has 0 radical (unpaired) electrons. The fourth-order valence-electron chi connectivity index (χ4n) is 3.75. The third kappa shape index (κ3) is 4.78. The van der Waals surface area contributed by atoms with E-state index in [-0.39, 0.29) is 18.9 Å². The largest absolute Gasteiger partial charge is 0.383 e. The van der Waals surface area contributed by atoms with Crippen molar-refractivity contribution in [2.75, 3.05) is 0 Å². The van der Waals surface area contributed by atoms with Gasteiger partial charge in [-0.1, -0.05) is 49.4 Å². The highest BCUT2D eigenvalue weighted by atomic mass is 16.3. The third-order valence-corrected chi connectivity index (χ3v) is 5.55. The predicted molar refractivity (Wildman–Crippen MR) is 124 cm³/mol. The normalized spacial score (nSPS) is 13.1. The predicted octanol–water partition coefficient (Wildman–Crippen LogP) is 2.83. The van der Waals surface area contributed by atoms with Crippen molar-refractivity contribution >= 4 is 33.6 Å². The first-order valence-electron chi connectivity index (χ1n) is 10.7. The van der Waals surface area contributed by atoms with E-state index in [1.807, 2.05) is 60.8 Å². The molecule has 0 aliphatic carbocycles. The second kappa shape index (κ2) is 9.62. The van der Waals surface area contributed by atoms with Crippen molar-refractivity contribution in [1.82, 2.24) is 20.6 Å². The molecule has 4 aromatic rings. The standard InChI is InChI=1S/C25H26N4O3/c1-2-22(30)25(32)29-21(13-18-8-5-7-17-6-3-4-9-20(17)18)24(31)28-15-16-12-19-10-11-26-23(19)27-14-16/h3-12,14,21-22,30H,2,13,15H2,1H3,(H,26,27)(H,28,31)(H,29,32)/t21-,22?/m0/s1. The number of amides is 2. The molecule has 32 heavy (non-hydrogen) atoms. The van der Waals surface area contributed by atoms with Crippen molar-refractivity contribution in [2.24, 2.45) is 0 Å². The van der Waals surface area contributed by atoms with Gasteiger partial charge in [-0.2, -0.15) is 0 Å². The van der Waals surface area contributed by atoms with Crippen LogP contribution in [0.25, 0.3) is 21.8 Å². The first-order chi connectivity index (χ1) is 15.5. The average Bonchev–Trinajstić information content (AvgIpc) is 3.29. The Morgan fingerprint density at radius 2 is 1.88 bits per heavy atom. The van der Waals surface area contributed by atoms with Crippen LogP contribution in [0.15, 0.2) is 67.0 Å². The van der Waals surface area contributed by atoms with E-state index in [1.54, 1.807) is 13.1 Å². The summed E-state index contributed by atoms with van der Waals surface area (Å²) < 4.78 is 0. The molecule has 0 saturated carbocycles. The number of nitrogens with one attached hydrogen (secondary N) is 3. The van der Waals surface area contributed by atoms with Crippen LogP contribution < -0.4 is 10.6 Å². The van der Waals surface area contributed by atoms with Gasteiger partial charge in [0.05, 0.1) is 0 Å². The number of carbonyl (C=O) groups is 2. The Labute approximate surface area is 185 Å². The van der Waals surface area contributed by atoms with E-state index in [9.17, 15) is 14.7 Å². The first-order valence-corrected chi connectivity index (χ1v) is 10.7. The molecule has 0 spiro atoms. The lowest BCUT2D eigenvalue weighted by Crippen LogP contribution is -2.50. The van der Waals surface area contributed by atoms with E-state index < -0.39 is 18.1 Å². The highest BCUT2D eigenvalue weighted by molar-refractivity contribution is 5.91. The van der Waals surface area contributed by atoms with Gasteiger partial charge in [0.25, 0.3) is 0 Å². The van der Waals surface area contributed by atoms with Gasteiger partial charge in [0.15, 0.2) is 0 Å². The topological polar surface area (TPSA) is 107 Å². The number of benzene rings is 2. The van der Waals surface area contributed by atoms with Gasteiger partial charge in [-0.05, 0) is 40.5 Å². The molecule has 0 fully saturated rings. The van der Waals surface area contributed by atoms with E-state index in [1.165, 1.54) is 0 Å². The van der Waals surface area contributed by atoms with Gasteiger partial charge in [0, 0.05) is 30.7 Å². The summed E-state index contributed by atoms with van der Waals surface area (Å²) >= 11 is 0. The average molecular weight is 431 g/mol. The first kappa shape index (κ1) is 21.5. The Kier molecular flexibility index (Phi) is 6.47. The zero-order chi connectivity index (χ0) is 22.5. The molecule has 4 N–H and O–H groups in total. The maximum atomic E-state index is 13.1. The highest BCUT2D eigenvalue weighted by Crippen LogP contribution is 2.20. The number of aromatic amines is 1. The van der Waals surface area contributed by atoms with Gasteiger partial charge >= 0.3 is 0 Å². The van der Waals surface area contributed by atoms with Crippen molar-refractivity contribution in [2.45, 2.75) is 38.5 Å². The summed E-state index contributed by atoms with van der Waals surface area (Å²) in [5, 5.41) is 18.6. The number of aromatic nitrogens is 2. The Balaban J connectivity index is 1.53. The van der Waals surface area contributed by atoms with Crippen LogP contribution in [-0.4, -0.2) is 39.0 Å². The van der Waals surface area contributed by atoms with Crippen LogP contribution in [0.3, 0.4) is 0 Å². The van der Waals surface area contributed by atoms with Crippen molar-refractivity contribution in [3.8, 4) is 0 Å². The van der Waals surface area contributed by atoms with Crippen molar-refractivity contribution in [3.05, 3.63) is 78.1 Å². The van der Waals surface area contributed by atoms with Crippen molar-refractivity contribution in [3.63, 3.8) is 0 Å². The number of fused-ring (bicyclic) bond motifs is 2. The smallest absolute Gasteiger partial charge is 0.249 e. The van der Waals surface area contributed by atoms with Crippen LogP contribution >= 0.6 is 0 Å². The summed E-state index contributed by atoms with van der Waals surface area (Å²) in [6.45, 7) is 2.00. The van der Waals surface area contributed by atoms with E-state index in [0.29, 0.717) is 6.42 Å². The molecular formula is C25H26N4O3. The molecule has 0 aliphatic heterocycles. The summed E-state index contributed by atoms with van der Waals surface area (Å²) in [6.07, 6.45) is 2.95. The number of nitrogens with zero attached hydrogens (tertiary/aromatic N) is 1. The number of hydrogen-bond donors (Lipinski definition) is 4. The Morgan fingerprint density at radius 3 is 2.72 bits per heavy atom. The van der Waals surface area contributed by atoms with Gasteiger partial charge in [-0.3, -0.25) is 9.59 Å². The monoisotopic (exact) mass is 430 g/mol. The Morgan fingerprint density at radius 1 is 1.06 bits per heavy atom. The van der Waals surface area contributed by atoms with Crippen LogP contribution in [0.5, 0.6) is 0 Å². The zero-order valence-electron chi connectivity index (χ0n) is 17.8. The molecule has 4 rings (SSSR count). The molecule has 1 unspecified atom stereocenters. The molecule has 2 amide bonds. The van der Waals surface area contributed by atoms with Crippen LogP contribution in [0.4, 0.5) is 0 Å². The Bertz CT molecular complexity index is 1240. The van der Waals surface area contributed by atoms with E-state index in [2.05, 4.69) is 20.6 Å². The summed E-state index contributed by atoms with van der Waals surface area (Å²) in [4.78, 5) is 32.8. The van der Waals surface area contributed by atoms with Crippen LogP contribution in [0, 0.1) is 0 Å². The second-order valence-electron chi connectivity index (χ2n) is 7.80. The summed E-state index contributed by atoms with van der Waals surface area (Å²) in [5.74, 6) is -0.868. The van der Waals surface area contributed by atoms with Crippen molar-refractivity contribution < 1.29 is 14.7 Å². The summed E-state index contributed by atoms with van der Waals surface area (Å²) in [5.41, 5.74) is 2.59. The van der Waals surface area contributed by atoms with Gasteiger partial charge < -0.3 is 20.7 Å². The maximum Gasteiger partial charge on any atom is 0.249 e. The molecule has 0 saturated heterocycles. The third-order valence-electron chi connectivity index (χ3n) is 5.55. The lowest BCUT2D eigenvalue weighted by molar-refractivity contribution is -0.134. The van der Waals surface area contributed by atoms with Crippen LogP contribution in [-0.2, 0) is 22.6 Å². The van der Waals surface area contributed by atoms with E-state index >= 15 is 0 Å². The maximum absolute atomic E-state index is 13.1. The van der Waals surface area contributed by atoms with Gasteiger partial charge in [-0.25, -0.2) is 4.98 Å². The SMILES string of the molecule is CCC(O)C(=O)N[C@@H](Cc1cccc2ccccc12)C(=O)NCc1cnc2[nH]ccc2c1. The molecular weight excluding hydrogens is 404 g/mol. The molecule has 2 heterocycles. The zero-order valence-corrected chi connectivity index (χ0v) is 17.8. The van der Waals surface area contributed by atoms with E-state index in [4.69, 9.17) is 0 Å². The summed E-state index contributed by atoms with van der Waals surface area (Å²) in [6, 6.07) is 16.9. The van der Waals surface area contributed by atoms with Gasteiger partial charge in [0.1, 0.15) is 17.8 Å². The van der Waals surface area contributed by atoms with Crippen LogP contribution in [0.1, 0.15) is 24.5 Å². The van der Waals surface area contributed by atoms with Crippen molar-refractivity contribution in [1.29, 1.82) is 0 Å². The highest BCUT2D eigenvalue weighted by Gasteiger charge is 2.24.